The van der Waals surface area contributed by atoms with E-state index in [4.69, 9.17) is 8.83 Å². The van der Waals surface area contributed by atoms with Crippen LogP contribution in [-0.2, 0) is 12.1 Å². The minimum Gasteiger partial charge on any atom is -0.468 e. The summed E-state index contributed by atoms with van der Waals surface area (Å²) in [6, 6.07) is 5.45. The van der Waals surface area contributed by atoms with Crippen LogP contribution < -0.4 is 5.32 Å². The molecule has 0 aromatic carbocycles. The summed E-state index contributed by atoms with van der Waals surface area (Å²) in [4.78, 5) is 0. The van der Waals surface area contributed by atoms with Gasteiger partial charge in [-0.1, -0.05) is 0 Å². The number of nitrogens with one attached hydrogen (secondary N) is 1. The Morgan fingerprint density at radius 2 is 2.12 bits per heavy atom. The molecule has 4 heteroatoms. The topological polar surface area (TPSA) is 58.5 Å². The smallest absolute Gasteiger partial charge is 0.136 e. The van der Waals surface area contributed by atoms with Gasteiger partial charge in [-0.25, -0.2) is 0 Å². The van der Waals surface area contributed by atoms with Crippen LogP contribution in [0, 0.1) is 6.92 Å². The average Bonchev–Trinajstić information content (AvgIpc) is 2.90. The molecule has 0 amide bonds. The van der Waals surface area contributed by atoms with Crippen molar-refractivity contribution in [1.82, 2.24) is 5.32 Å². The highest BCUT2D eigenvalue weighted by atomic mass is 16.4. The zero-order valence-corrected chi connectivity index (χ0v) is 10.1. The molecule has 2 aromatic heterocycles. The Labute approximate surface area is 100 Å². The molecule has 0 fully saturated rings. The maximum atomic E-state index is 10.2. The van der Waals surface area contributed by atoms with Crippen LogP contribution in [0.3, 0.4) is 0 Å². The van der Waals surface area contributed by atoms with Crippen molar-refractivity contribution < 1.29 is 13.9 Å². The second-order valence-corrected chi connectivity index (χ2v) is 4.38. The van der Waals surface area contributed by atoms with Crippen molar-refractivity contribution in [3.8, 4) is 0 Å². The van der Waals surface area contributed by atoms with Crippen LogP contribution in [0.2, 0.25) is 0 Å². The van der Waals surface area contributed by atoms with Crippen LogP contribution in [0.1, 0.15) is 24.0 Å². The predicted molar refractivity (Wildman–Crippen MR) is 63.4 cm³/mol. The summed E-state index contributed by atoms with van der Waals surface area (Å²) in [5.74, 6) is 1.45. The monoisotopic (exact) mass is 235 g/mol. The van der Waals surface area contributed by atoms with E-state index >= 15 is 0 Å². The van der Waals surface area contributed by atoms with Gasteiger partial charge < -0.3 is 19.3 Å². The molecule has 0 saturated heterocycles. The molecule has 2 rings (SSSR count). The summed E-state index contributed by atoms with van der Waals surface area (Å²) < 4.78 is 10.5. The first-order valence-corrected chi connectivity index (χ1v) is 5.59. The highest BCUT2D eigenvalue weighted by Crippen LogP contribution is 2.20. The molecule has 0 aliphatic rings. The summed E-state index contributed by atoms with van der Waals surface area (Å²) in [7, 11) is 0. The lowest BCUT2D eigenvalue weighted by molar-refractivity contribution is 0.0336. The van der Waals surface area contributed by atoms with Gasteiger partial charge in [0, 0.05) is 6.54 Å². The van der Waals surface area contributed by atoms with E-state index in [1.165, 1.54) is 0 Å². The third kappa shape index (κ3) is 2.78. The molecule has 0 aliphatic heterocycles. The Kier molecular flexibility index (Phi) is 3.36. The first kappa shape index (κ1) is 12.0. The van der Waals surface area contributed by atoms with Gasteiger partial charge in [0.2, 0.25) is 0 Å². The van der Waals surface area contributed by atoms with Crippen molar-refractivity contribution in [2.75, 3.05) is 6.54 Å². The molecule has 92 valence electrons. The molecular formula is C13H17NO3. The quantitative estimate of drug-likeness (QED) is 0.834. The molecule has 2 aromatic rings. The molecule has 2 N–H and O–H groups in total. The predicted octanol–water partition coefficient (Wildman–Crippen LogP) is 2.18. The molecule has 4 nitrogen and oxygen atoms in total. The highest BCUT2D eigenvalue weighted by molar-refractivity contribution is 5.14. The summed E-state index contributed by atoms with van der Waals surface area (Å²) in [5.41, 5.74) is 0.0967. The zero-order chi connectivity index (χ0) is 12.3. The van der Waals surface area contributed by atoms with E-state index in [9.17, 15) is 5.11 Å². The molecule has 0 bridgehead atoms. The lowest BCUT2D eigenvalue weighted by atomic mass is 10.0. The van der Waals surface area contributed by atoms with Gasteiger partial charge in [0.25, 0.3) is 0 Å². The van der Waals surface area contributed by atoms with Gasteiger partial charge in [0.15, 0.2) is 0 Å². The fourth-order valence-electron chi connectivity index (χ4n) is 1.68. The van der Waals surface area contributed by atoms with Gasteiger partial charge in [-0.2, -0.15) is 0 Å². The number of hydrogen-bond donors (Lipinski definition) is 2. The second-order valence-electron chi connectivity index (χ2n) is 4.38. The van der Waals surface area contributed by atoms with E-state index in [0.717, 1.165) is 11.3 Å². The van der Waals surface area contributed by atoms with Crippen LogP contribution in [0.5, 0.6) is 0 Å². The van der Waals surface area contributed by atoms with E-state index in [-0.39, 0.29) is 0 Å². The minimum absolute atomic E-state index is 0.403. The molecular weight excluding hydrogens is 218 g/mol. The fourth-order valence-corrected chi connectivity index (χ4v) is 1.68. The molecule has 0 saturated carbocycles. The van der Waals surface area contributed by atoms with Gasteiger partial charge in [-0.15, -0.1) is 0 Å². The SMILES string of the molecule is Cc1ccoc1CNCC(C)(O)c1ccco1. The minimum atomic E-state index is -1.01. The lowest BCUT2D eigenvalue weighted by Crippen LogP contribution is -2.34. The molecule has 0 spiro atoms. The summed E-state index contributed by atoms with van der Waals surface area (Å²) in [6.07, 6.45) is 3.22. The van der Waals surface area contributed by atoms with Gasteiger partial charge in [-0.05, 0) is 37.6 Å². The van der Waals surface area contributed by atoms with Crippen molar-refractivity contribution in [3.05, 3.63) is 47.8 Å². The van der Waals surface area contributed by atoms with Crippen molar-refractivity contribution in [1.29, 1.82) is 0 Å². The Hall–Kier alpha value is -1.52. The standard InChI is InChI=1S/C13H17NO3/c1-10-5-7-16-11(10)8-14-9-13(2,15)12-4-3-6-17-12/h3-7,14-15H,8-9H2,1-2H3. The summed E-state index contributed by atoms with van der Waals surface area (Å²) >= 11 is 0. The Balaban J connectivity index is 1.88. The van der Waals surface area contributed by atoms with Gasteiger partial charge in [-0.3, -0.25) is 0 Å². The van der Waals surface area contributed by atoms with Crippen molar-refractivity contribution in [2.45, 2.75) is 26.0 Å². The van der Waals surface area contributed by atoms with E-state index in [1.807, 2.05) is 13.0 Å². The molecule has 0 aliphatic carbocycles. The first-order chi connectivity index (χ1) is 8.09. The lowest BCUT2D eigenvalue weighted by Gasteiger charge is -2.20. The van der Waals surface area contributed by atoms with Crippen molar-refractivity contribution in [3.63, 3.8) is 0 Å². The van der Waals surface area contributed by atoms with Gasteiger partial charge in [0.05, 0.1) is 19.1 Å². The third-order valence-electron chi connectivity index (χ3n) is 2.77. The Morgan fingerprint density at radius 3 is 2.71 bits per heavy atom. The van der Waals surface area contributed by atoms with E-state index < -0.39 is 5.60 Å². The van der Waals surface area contributed by atoms with Gasteiger partial charge in [0.1, 0.15) is 17.1 Å². The fraction of sp³-hybridized carbons (Fsp3) is 0.385. The van der Waals surface area contributed by atoms with Crippen molar-refractivity contribution >= 4 is 0 Å². The van der Waals surface area contributed by atoms with Crippen LogP contribution in [0.4, 0.5) is 0 Å². The van der Waals surface area contributed by atoms with Crippen LogP contribution in [-0.4, -0.2) is 11.7 Å². The highest BCUT2D eigenvalue weighted by Gasteiger charge is 2.25. The normalized spacial score (nSPS) is 14.8. The van der Waals surface area contributed by atoms with Crippen LogP contribution in [0.15, 0.2) is 39.6 Å². The molecule has 0 radical (unpaired) electrons. The van der Waals surface area contributed by atoms with E-state index in [2.05, 4.69) is 5.32 Å². The van der Waals surface area contributed by atoms with Crippen molar-refractivity contribution in [2.24, 2.45) is 0 Å². The van der Waals surface area contributed by atoms with E-state index in [1.54, 1.807) is 31.6 Å². The third-order valence-corrected chi connectivity index (χ3v) is 2.77. The summed E-state index contributed by atoms with van der Waals surface area (Å²) in [5, 5.41) is 13.3. The zero-order valence-electron chi connectivity index (χ0n) is 10.1. The number of aryl methyl sites for hydroxylation is 1. The number of hydrogen-bond acceptors (Lipinski definition) is 4. The maximum absolute atomic E-state index is 10.2. The second kappa shape index (κ2) is 4.77. The Morgan fingerprint density at radius 1 is 1.29 bits per heavy atom. The van der Waals surface area contributed by atoms with Gasteiger partial charge >= 0.3 is 0 Å². The van der Waals surface area contributed by atoms with Crippen LogP contribution >= 0.6 is 0 Å². The number of furan rings is 2. The average molecular weight is 235 g/mol. The summed E-state index contributed by atoms with van der Waals surface area (Å²) in [6.45, 7) is 4.70. The molecule has 1 unspecified atom stereocenters. The molecule has 1 atom stereocenters. The largest absolute Gasteiger partial charge is 0.468 e. The maximum Gasteiger partial charge on any atom is 0.136 e. The van der Waals surface area contributed by atoms with Crippen LogP contribution in [0.25, 0.3) is 0 Å². The number of aliphatic hydroxyl groups is 1. The molecule has 2 heterocycles. The number of rotatable bonds is 5. The first-order valence-electron chi connectivity index (χ1n) is 5.59. The van der Waals surface area contributed by atoms with E-state index in [0.29, 0.717) is 18.8 Å². The Bertz CT molecular complexity index is 457. The molecule has 17 heavy (non-hydrogen) atoms.